The van der Waals surface area contributed by atoms with Gasteiger partial charge in [-0.2, -0.15) is 4.98 Å². The van der Waals surface area contributed by atoms with Crippen LogP contribution in [0, 0.1) is 0 Å². The first-order valence-electron chi connectivity index (χ1n) is 9.30. The Morgan fingerprint density at radius 3 is 2.81 bits per heavy atom. The van der Waals surface area contributed by atoms with Gasteiger partial charge >= 0.3 is 0 Å². The molecule has 0 amide bonds. The number of halogens is 1. The van der Waals surface area contributed by atoms with Crippen molar-refractivity contribution in [2.24, 2.45) is 4.99 Å². The second kappa shape index (κ2) is 7.53. The highest BCUT2D eigenvalue weighted by molar-refractivity contribution is 5.91. The summed E-state index contributed by atoms with van der Waals surface area (Å²) in [6, 6.07) is 1.98. The average molecular weight is 357 g/mol. The zero-order valence-electron chi connectivity index (χ0n) is 14.8. The van der Waals surface area contributed by atoms with Gasteiger partial charge in [0.15, 0.2) is 0 Å². The topological polar surface area (TPSA) is 66.0 Å². The molecule has 26 heavy (non-hydrogen) atoms. The number of imidazole rings is 1. The first-order valence-corrected chi connectivity index (χ1v) is 9.30. The fourth-order valence-corrected chi connectivity index (χ4v) is 3.58. The Hall–Kier alpha value is -2.28. The lowest BCUT2D eigenvalue weighted by Gasteiger charge is -2.29. The van der Waals surface area contributed by atoms with E-state index in [1.165, 1.54) is 5.57 Å². The van der Waals surface area contributed by atoms with Crippen molar-refractivity contribution >= 4 is 22.9 Å². The zero-order valence-corrected chi connectivity index (χ0v) is 14.8. The van der Waals surface area contributed by atoms with Crippen LogP contribution in [0.3, 0.4) is 0 Å². The third-order valence-electron chi connectivity index (χ3n) is 5.09. The normalized spacial score (nSPS) is 20.8. The van der Waals surface area contributed by atoms with E-state index in [9.17, 15) is 4.39 Å². The summed E-state index contributed by atoms with van der Waals surface area (Å²) in [7, 11) is 0. The molecule has 0 bridgehead atoms. The van der Waals surface area contributed by atoms with E-state index in [-0.39, 0.29) is 6.61 Å². The van der Waals surface area contributed by atoms with Gasteiger partial charge in [0.2, 0.25) is 5.78 Å². The zero-order chi connectivity index (χ0) is 17.9. The van der Waals surface area contributed by atoms with E-state index in [2.05, 4.69) is 21.0 Å². The summed E-state index contributed by atoms with van der Waals surface area (Å²) >= 11 is 0. The third-order valence-corrected chi connectivity index (χ3v) is 5.09. The lowest BCUT2D eigenvalue weighted by atomic mass is 9.96. The molecule has 7 heteroatoms. The maximum Gasteiger partial charge on any atom is 0.236 e. The quantitative estimate of drug-likeness (QED) is 0.914. The van der Waals surface area contributed by atoms with Gasteiger partial charge in [0, 0.05) is 37.6 Å². The van der Waals surface area contributed by atoms with Crippen molar-refractivity contribution in [3.63, 3.8) is 0 Å². The Morgan fingerprint density at radius 2 is 2.08 bits per heavy atom. The first-order chi connectivity index (χ1) is 12.7. The minimum absolute atomic E-state index is 0.101. The number of anilines is 1. The van der Waals surface area contributed by atoms with Gasteiger partial charge in [-0.1, -0.05) is 6.08 Å². The second-order valence-electron chi connectivity index (χ2n) is 6.89. The summed E-state index contributed by atoms with van der Waals surface area (Å²) in [5.41, 5.74) is 3.32. The van der Waals surface area contributed by atoms with Crippen LogP contribution in [-0.4, -0.2) is 57.6 Å². The van der Waals surface area contributed by atoms with Gasteiger partial charge in [0.25, 0.3) is 0 Å². The van der Waals surface area contributed by atoms with Crippen molar-refractivity contribution in [2.45, 2.75) is 38.3 Å². The van der Waals surface area contributed by atoms with Crippen molar-refractivity contribution in [1.82, 2.24) is 14.4 Å². The van der Waals surface area contributed by atoms with Crippen LogP contribution in [0.5, 0.6) is 0 Å². The van der Waals surface area contributed by atoms with Crippen LogP contribution in [0.15, 0.2) is 29.5 Å². The summed E-state index contributed by atoms with van der Waals surface area (Å²) in [5.74, 6) is 1.55. The summed E-state index contributed by atoms with van der Waals surface area (Å²) < 4.78 is 15.3. The Labute approximate surface area is 152 Å². The van der Waals surface area contributed by atoms with Gasteiger partial charge in [-0.25, -0.2) is 9.37 Å². The summed E-state index contributed by atoms with van der Waals surface area (Å²) in [6.07, 6.45) is 9.27. The molecule has 2 aromatic rings. The summed E-state index contributed by atoms with van der Waals surface area (Å²) in [4.78, 5) is 15.9. The number of aliphatic imine (C=N–C) groups is 1. The van der Waals surface area contributed by atoms with E-state index in [0.29, 0.717) is 38.3 Å². The van der Waals surface area contributed by atoms with Gasteiger partial charge in [0.1, 0.15) is 12.0 Å². The maximum atomic E-state index is 13.3. The number of allylic oxidation sites excluding steroid dienone is 2. The third kappa shape index (κ3) is 3.62. The molecule has 6 nitrogen and oxygen atoms in total. The second-order valence-corrected chi connectivity index (χ2v) is 6.89. The monoisotopic (exact) mass is 357 g/mol. The number of hydrogen-bond donors (Lipinski definition) is 1. The molecule has 0 aromatic carbocycles. The Kier molecular flexibility index (Phi) is 4.97. The first kappa shape index (κ1) is 17.1. The molecule has 1 aliphatic heterocycles. The minimum Gasteiger partial charge on any atom is -0.394 e. The largest absolute Gasteiger partial charge is 0.394 e. The van der Waals surface area contributed by atoms with Gasteiger partial charge in [-0.3, -0.25) is 9.39 Å². The van der Waals surface area contributed by atoms with Crippen LogP contribution in [0.25, 0.3) is 11.4 Å². The molecule has 0 spiro atoms. The van der Waals surface area contributed by atoms with Crippen LogP contribution in [-0.2, 0) is 0 Å². The highest BCUT2D eigenvalue weighted by Gasteiger charge is 2.20. The number of aliphatic hydroxyl groups is 1. The molecule has 4 rings (SSSR count). The molecule has 138 valence electrons. The smallest absolute Gasteiger partial charge is 0.236 e. The SMILES string of the molecule is OCCN=C1CC=C(c2cn3ccc(N4CCC(F)CC4)nc3n2)CC1. The van der Waals surface area contributed by atoms with Crippen molar-refractivity contribution in [3.05, 3.63) is 30.2 Å². The molecule has 0 saturated carbocycles. The number of piperidine rings is 1. The summed E-state index contributed by atoms with van der Waals surface area (Å²) in [5, 5.41) is 8.87. The molecular formula is C19H24FN5O. The highest BCUT2D eigenvalue weighted by Crippen LogP contribution is 2.26. The average Bonchev–Trinajstić information content (AvgIpc) is 3.10. The van der Waals surface area contributed by atoms with Crippen LogP contribution < -0.4 is 4.90 Å². The van der Waals surface area contributed by atoms with E-state index in [4.69, 9.17) is 10.1 Å². The van der Waals surface area contributed by atoms with Gasteiger partial charge < -0.3 is 10.0 Å². The summed E-state index contributed by atoms with van der Waals surface area (Å²) in [6.45, 7) is 2.00. The molecule has 0 unspecified atom stereocenters. The van der Waals surface area contributed by atoms with Gasteiger partial charge in [-0.05, 0) is 37.3 Å². The van der Waals surface area contributed by atoms with Crippen molar-refractivity contribution in [1.29, 1.82) is 0 Å². The van der Waals surface area contributed by atoms with Crippen molar-refractivity contribution in [3.8, 4) is 0 Å². The number of nitrogens with zero attached hydrogens (tertiary/aromatic N) is 5. The Bertz CT molecular complexity index is 836. The lowest BCUT2D eigenvalue weighted by molar-refractivity contribution is 0.277. The van der Waals surface area contributed by atoms with Crippen LogP contribution in [0.2, 0.25) is 0 Å². The Morgan fingerprint density at radius 1 is 1.23 bits per heavy atom. The molecule has 1 saturated heterocycles. The van der Waals surface area contributed by atoms with Crippen LogP contribution in [0.4, 0.5) is 10.2 Å². The van der Waals surface area contributed by atoms with E-state index in [1.807, 2.05) is 22.9 Å². The molecule has 0 atom stereocenters. The van der Waals surface area contributed by atoms with Gasteiger partial charge in [-0.15, -0.1) is 0 Å². The van der Waals surface area contributed by atoms with Crippen LogP contribution in [0.1, 0.15) is 37.8 Å². The molecule has 3 heterocycles. The minimum atomic E-state index is -0.683. The standard InChI is InChI=1S/C19H24FN5O/c20-15-5-9-24(10-6-15)18-7-11-25-13-17(22-19(25)23-18)14-1-3-16(4-2-14)21-8-12-26/h1,7,11,13,15,26H,2-6,8-10,12H2. The maximum absolute atomic E-state index is 13.3. The Balaban J connectivity index is 1.52. The predicted octanol–water partition coefficient (Wildman–Crippen LogP) is 2.67. The lowest BCUT2D eigenvalue weighted by Crippen LogP contribution is -2.34. The predicted molar refractivity (Wildman–Crippen MR) is 101 cm³/mol. The fraction of sp³-hybridized carbons (Fsp3) is 0.526. The van der Waals surface area contributed by atoms with Gasteiger partial charge in [0.05, 0.1) is 18.8 Å². The van der Waals surface area contributed by atoms with E-state index >= 15 is 0 Å². The molecular weight excluding hydrogens is 333 g/mol. The number of aromatic nitrogens is 3. The molecule has 0 radical (unpaired) electrons. The number of fused-ring (bicyclic) bond motifs is 1. The number of alkyl halides is 1. The number of rotatable bonds is 4. The van der Waals surface area contributed by atoms with Crippen molar-refractivity contribution < 1.29 is 9.50 Å². The molecule has 2 aromatic heterocycles. The number of aliphatic hydroxyl groups excluding tert-OH is 1. The molecule has 1 aliphatic carbocycles. The molecule has 1 fully saturated rings. The molecule has 2 aliphatic rings. The number of hydrogen-bond acceptors (Lipinski definition) is 5. The fourth-order valence-electron chi connectivity index (χ4n) is 3.58. The van der Waals surface area contributed by atoms with E-state index < -0.39 is 6.17 Å². The van der Waals surface area contributed by atoms with E-state index in [0.717, 1.165) is 36.5 Å². The van der Waals surface area contributed by atoms with Crippen LogP contribution >= 0.6 is 0 Å². The van der Waals surface area contributed by atoms with E-state index in [1.54, 1.807) is 0 Å². The molecule has 1 N–H and O–H groups in total. The highest BCUT2D eigenvalue weighted by atomic mass is 19.1. The van der Waals surface area contributed by atoms with Crippen molar-refractivity contribution in [2.75, 3.05) is 31.1 Å².